The van der Waals surface area contributed by atoms with Crippen LogP contribution in [0.3, 0.4) is 0 Å². The molecule has 1 unspecified atom stereocenters. The van der Waals surface area contributed by atoms with Crippen LogP contribution in [0, 0.1) is 11.3 Å². The number of nitrogens with zero attached hydrogens (tertiary/aromatic N) is 1. The van der Waals surface area contributed by atoms with Crippen molar-refractivity contribution in [2.24, 2.45) is 0 Å². The Morgan fingerprint density at radius 3 is 2.45 bits per heavy atom. The molecule has 0 bridgehead atoms. The summed E-state index contributed by atoms with van der Waals surface area (Å²) in [5.74, 6) is 0. The van der Waals surface area contributed by atoms with Gasteiger partial charge in [-0.15, -0.1) is 0 Å². The van der Waals surface area contributed by atoms with Crippen LogP contribution in [0.25, 0.3) is 10.8 Å². The van der Waals surface area contributed by atoms with Gasteiger partial charge in [-0.3, -0.25) is 0 Å². The smallest absolute Gasteiger partial charge is 0.105 e. The van der Waals surface area contributed by atoms with E-state index in [0.717, 1.165) is 16.7 Å². The molecule has 1 atom stereocenters. The normalized spacial score (nSPS) is 17.3. The lowest BCUT2D eigenvalue weighted by Crippen LogP contribution is -2.23. The fraction of sp³-hybridized carbons (Fsp3) is 0.211. The summed E-state index contributed by atoms with van der Waals surface area (Å²) in [5.41, 5.74) is 4.73. The van der Waals surface area contributed by atoms with E-state index in [2.05, 4.69) is 31.8 Å². The van der Waals surface area contributed by atoms with Gasteiger partial charge in [0.25, 0.3) is 0 Å². The van der Waals surface area contributed by atoms with Gasteiger partial charge in [-0.2, -0.15) is 5.26 Å². The minimum absolute atomic E-state index is 0.605. The van der Waals surface area contributed by atoms with Crippen LogP contribution in [0.4, 0.5) is 0 Å². The van der Waals surface area contributed by atoms with Gasteiger partial charge in [0, 0.05) is 0 Å². The Kier molecular flexibility index (Phi) is 3.52. The van der Waals surface area contributed by atoms with E-state index in [1.807, 2.05) is 36.4 Å². The second-order valence-electron chi connectivity index (χ2n) is 6.72. The van der Waals surface area contributed by atoms with Crippen molar-refractivity contribution in [1.29, 1.82) is 5.26 Å². The lowest BCUT2D eigenvalue weighted by atomic mass is 9.99. The fourth-order valence-corrected chi connectivity index (χ4v) is 5.39. The molecule has 0 saturated heterocycles. The topological polar surface area (TPSA) is 44.0 Å². The summed E-state index contributed by atoms with van der Waals surface area (Å²) in [7, 11) is -1.65. The van der Waals surface area contributed by atoms with E-state index in [1.165, 1.54) is 10.8 Å². The standard InChI is InChI=1S/C19H19NOSi/c1-22(2,3)19-16-10-5-4-9-15(16)18(21)17(19)14-8-6-7-13(11-14)12-20/h4-11,18,21H,1-3H3. The molecule has 1 aliphatic rings. The highest BCUT2D eigenvalue weighted by Gasteiger charge is 2.36. The molecule has 0 spiro atoms. The second-order valence-corrected chi connectivity index (χ2v) is 11.7. The van der Waals surface area contributed by atoms with E-state index in [4.69, 9.17) is 5.26 Å². The molecule has 0 aliphatic heterocycles. The summed E-state index contributed by atoms with van der Waals surface area (Å²) >= 11 is 0. The summed E-state index contributed by atoms with van der Waals surface area (Å²) < 4.78 is 0. The highest BCUT2D eigenvalue weighted by atomic mass is 28.3. The predicted octanol–water partition coefficient (Wildman–Crippen LogP) is 4.39. The van der Waals surface area contributed by atoms with Crippen LogP contribution in [0.2, 0.25) is 19.6 Å². The fourth-order valence-electron chi connectivity index (χ4n) is 3.27. The SMILES string of the molecule is C[Si](C)(C)C1=C(c2cccc(C#N)c2)C(O)c2ccccc21. The Morgan fingerprint density at radius 2 is 1.77 bits per heavy atom. The van der Waals surface area contributed by atoms with E-state index in [-0.39, 0.29) is 0 Å². The molecule has 2 aromatic rings. The van der Waals surface area contributed by atoms with Gasteiger partial charge in [0.1, 0.15) is 6.10 Å². The van der Waals surface area contributed by atoms with Crippen molar-refractivity contribution in [1.82, 2.24) is 0 Å². The van der Waals surface area contributed by atoms with Crippen molar-refractivity contribution in [3.63, 3.8) is 0 Å². The van der Waals surface area contributed by atoms with Crippen LogP contribution < -0.4 is 0 Å². The first-order valence-electron chi connectivity index (χ1n) is 7.46. The zero-order chi connectivity index (χ0) is 15.9. The first kappa shape index (κ1) is 14.8. The maximum absolute atomic E-state index is 10.9. The third-order valence-corrected chi connectivity index (χ3v) is 6.16. The molecule has 0 heterocycles. The minimum atomic E-state index is -1.65. The average Bonchev–Trinajstić information content (AvgIpc) is 2.81. The molecular formula is C19H19NOSi. The third-order valence-electron chi connectivity index (χ3n) is 4.12. The number of hydrogen-bond acceptors (Lipinski definition) is 2. The van der Waals surface area contributed by atoms with Crippen molar-refractivity contribution in [3.8, 4) is 6.07 Å². The molecule has 0 aromatic heterocycles. The largest absolute Gasteiger partial charge is 0.384 e. The van der Waals surface area contributed by atoms with Gasteiger partial charge in [0.2, 0.25) is 0 Å². The van der Waals surface area contributed by atoms with Crippen LogP contribution >= 0.6 is 0 Å². The quantitative estimate of drug-likeness (QED) is 0.836. The first-order chi connectivity index (χ1) is 10.4. The molecule has 3 rings (SSSR count). The van der Waals surface area contributed by atoms with Gasteiger partial charge in [-0.1, -0.05) is 56.0 Å². The van der Waals surface area contributed by atoms with Crippen molar-refractivity contribution >= 4 is 18.8 Å². The molecule has 0 radical (unpaired) electrons. The summed E-state index contributed by atoms with van der Waals surface area (Å²) in [6, 6.07) is 17.8. The molecule has 22 heavy (non-hydrogen) atoms. The molecule has 2 nitrogen and oxygen atoms in total. The maximum Gasteiger partial charge on any atom is 0.105 e. The van der Waals surface area contributed by atoms with Gasteiger partial charge in [-0.25, -0.2) is 0 Å². The highest BCUT2D eigenvalue weighted by Crippen LogP contribution is 2.48. The maximum atomic E-state index is 10.9. The van der Waals surface area contributed by atoms with Gasteiger partial charge in [0.15, 0.2) is 0 Å². The molecule has 2 aromatic carbocycles. The Morgan fingerprint density at radius 1 is 1.05 bits per heavy atom. The zero-order valence-corrected chi connectivity index (χ0v) is 14.1. The zero-order valence-electron chi connectivity index (χ0n) is 13.1. The lowest BCUT2D eigenvalue weighted by molar-refractivity contribution is 0.241. The monoisotopic (exact) mass is 305 g/mol. The number of aliphatic hydroxyl groups is 1. The van der Waals surface area contributed by atoms with Gasteiger partial charge in [-0.05, 0) is 39.6 Å². The second kappa shape index (κ2) is 5.24. The minimum Gasteiger partial charge on any atom is -0.384 e. The summed E-state index contributed by atoms with van der Waals surface area (Å²) in [5, 5.41) is 21.3. The number of hydrogen-bond donors (Lipinski definition) is 1. The van der Waals surface area contributed by atoms with Crippen LogP contribution in [0.15, 0.2) is 48.5 Å². The van der Waals surface area contributed by atoms with Crippen molar-refractivity contribution in [2.45, 2.75) is 25.7 Å². The van der Waals surface area contributed by atoms with Gasteiger partial charge in [0.05, 0.1) is 19.7 Å². The predicted molar refractivity (Wildman–Crippen MR) is 92.7 cm³/mol. The molecule has 110 valence electrons. The van der Waals surface area contributed by atoms with Crippen LogP contribution in [-0.4, -0.2) is 13.2 Å². The molecule has 0 fully saturated rings. The van der Waals surface area contributed by atoms with E-state index >= 15 is 0 Å². The lowest BCUT2D eigenvalue weighted by Gasteiger charge is -2.22. The molecule has 0 saturated carbocycles. The molecule has 3 heteroatoms. The number of aliphatic hydroxyl groups excluding tert-OH is 1. The van der Waals surface area contributed by atoms with E-state index in [1.54, 1.807) is 6.07 Å². The molecule has 0 amide bonds. The van der Waals surface area contributed by atoms with Crippen molar-refractivity contribution in [3.05, 3.63) is 70.8 Å². The summed E-state index contributed by atoms with van der Waals surface area (Å²) in [6.07, 6.45) is -0.605. The number of rotatable bonds is 2. The van der Waals surface area contributed by atoms with Crippen molar-refractivity contribution in [2.75, 3.05) is 0 Å². The Bertz CT molecular complexity index is 809. The molecule has 1 N–H and O–H groups in total. The highest BCUT2D eigenvalue weighted by molar-refractivity contribution is 6.95. The van der Waals surface area contributed by atoms with Crippen LogP contribution in [0.1, 0.15) is 28.4 Å². The van der Waals surface area contributed by atoms with Gasteiger partial charge >= 0.3 is 0 Å². The number of nitriles is 1. The van der Waals surface area contributed by atoms with E-state index in [0.29, 0.717) is 5.56 Å². The average molecular weight is 305 g/mol. The summed E-state index contributed by atoms with van der Waals surface area (Å²) in [6.45, 7) is 6.89. The van der Waals surface area contributed by atoms with Crippen molar-refractivity contribution < 1.29 is 5.11 Å². The third kappa shape index (κ3) is 2.31. The molecular weight excluding hydrogens is 286 g/mol. The van der Waals surface area contributed by atoms with E-state index < -0.39 is 14.2 Å². The Balaban J connectivity index is 2.29. The number of benzene rings is 2. The van der Waals surface area contributed by atoms with Gasteiger partial charge < -0.3 is 5.11 Å². The van der Waals surface area contributed by atoms with Crippen LogP contribution in [0.5, 0.6) is 0 Å². The molecule has 1 aliphatic carbocycles. The summed E-state index contributed by atoms with van der Waals surface area (Å²) in [4.78, 5) is 0. The Labute approximate surface area is 132 Å². The first-order valence-corrected chi connectivity index (χ1v) is 11.0. The van der Waals surface area contributed by atoms with E-state index in [9.17, 15) is 5.11 Å². The number of fused-ring (bicyclic) bond motifs is 1. The van der Waals surface area contributed by atoms with Crippen LogP contribution in [-0.2, 0) is 0 Å². The Hall–Kier alpha value is -2.15.